The van der Waals surface area contributed by atoms with Crippen molar-refractivity contribution in [3.8, 4) is 0 Å². The Morgan fingerprint density at radius 3 is 1.44 bits per heavy atom. The van der Waals surface area contributed by atoms with Crippen molar-refractivity contribution in [3.63, 3.8) is 0 Å². The van der Waals surface area contributed by atoms with Gasteiger partial charge in [0.2, 0.25) is 0 Å². The second-order valence-corrected chi connectivity index (χ2v) is 7.89. The summed E-state index contributed by atoms with van der Waals surface area (Å²) in [6.45, 7) is 6.93. The largest absolute Gasteiger partial charge is 0.319 e. The molecule has 0 N–H and O–H groups in total. The van der Waals surface area contributed by atoms with Crippen LogP contribution < -0.4 is 0 Å². The number of nitrogens with zero attached hydrogens (tertiary/aromatic N) is 1. The second kappa shape index (κ2) is 6.52. The van der Waals surface area contributed by atoms with Crippen molar-refractivity contribution in [3.05, 3.63) is 71.8 Å². The second-order valence-electron chi connectivity index (χ2n) is 4.97. The molecule has 0 heterocycles. The van der Waals surface area contributed by atoms with Crippen molar-refractivity contribution in [2.24, 2.45) is 0 Å². The third-order valence-corrected chi connectivity index (χ3v) is 5.01. The molecular formula is C16H21NSi. The van der Waals surface area contributed by atoms with Crippen LogP contribution in [0.4, 0.5) is 0 Å². The van der Waals surface area contributed by atoms with Crippen molar-refractivity contribution in [1.29, 1.82) is 0 Å². The van der Waals surface area contributed by atoms with Crippen LogP contribution in [0.2, 0.25) is 13.1 Å². The molecule has 0 aliphatic heterocycles. The van der Waals surface area contributed by atoms with Gasteiger partial charge in [-0.3, -0.25) is 0 Å². The summed E-state index contributed by atoms with van der Waals surface area (Å²) >= 11 is 0. The molecule has 0 spiro atoms. The van der Waals surface area contributed by atoms with Crippen LogP contribution in [0, 0.1) is 0 Å². The number of benzene rings is 2. The zero-order chi connectivity index (χ0) is 12.8. The third-order valence-electron chi connectivity index (χ3n) is 3.19. The molecule has 0 bridgehead atoms. The van der Waals surface area contributed by atoms with E-state index in [1.54, 1.807) is 0 Å². The summed E-state index contributed by atoms with van der Waals surface area (Å²) in [7, 11) is -0.792. The monoisotopic (exact) mass is 255 g/mol. The molecule has 2 rings (SSSR count). The lowest BCUT2D eigenvalue weighted by Gasteiger charge is -2.26. The topological polar surface area (TPSA) is 3.24 Å². The van der Waals surface area contributed by atoms with E-state index in [1.807, 2.05) is 0 Å². The number of rotatable bonds is 5. The van der Waals surface area contributed by atoms with Gasteiger partial charge in [-0.15, -0.1) is 0 Å². The van der Waals surface area contributed by atoms with Gasteiger partial charge in [0.05, 0.1) is 0 Å². The van der Waals surface area contributed by atoms with Crippen molar-refractivity contribution in [2.45, 2.75) is 26.2 Å². The van der Waals surface area contributed by atoms with E-state index in [2.05, 4.69) is 78.3 Å². The van der Waals surface area contributed by atoms with Gasteiger partial charge < -0.3 is 4.57 Å². The minimum atomic E-state index is -0.792. The number of hydrogen-bond acceptors (Lipinski definition) is 1. The van der Waals surface area contributed by atoms with Crippen molar-refractivity contribution in [1.82, 2.24) is 4.57 Å². The Labute approximate surface area is 112 Å². The fourth-order valence-electron chi connectivity index (χ4n) is 2.06. The van der Waals surface area contributed by atoms with Gasteiger partial charge in [0.1, 0.15) is 8.96 Å². The molecule has 0 saturated heterocycles. The van der Waals surface area contributed by atoms with Gasteiger partial charge in [-0.1, -0.05) is 73.8 Å². The van der Waals surface area contributed by atoms with E-state index in [-0.39, 0.29) is 0 Å². The molecule has 0 unspecified atom stereocenters. The van der Waals surface area contributed by atoms with E-state index in [1.165, 1.54) is 11.1 Å². The van der Waals surface area contributed by atoms with Gasteiger partial charge in [-0.2, -0.15) is 0 Å². The summed E-state index contributed by atoms with van der Waals surface area (Å²) in [6.07, 6.45) is 0. The molecule has 18 heavy (non-hydrogen) atoms. The molecule has 0 aliphatic rings. The maximum Gasteiger partial charge on any atom is 0.106 e. The highest BCUT2D eigenvalue weighted by atomic mass is 28.3. The molecule has 0 aromatic heterocycles. The van der Waals surface area contributed by atoms with E-state index < -0.39 is 8.96 Å². The number of hydrogen-bond donors (Lipinski definition) is 0. The summed E-state index contributed by atoms with van der Waals surface area (Å²) in [5, 5.41) is 0. The molecular weight excluding hydrogens is 234 g/mol. The Bertz CT molecular complexity index is 412. The van der Waals surface area contributed by atoms with Crippen LogP contribution in [0.5, 0.6) is 0 Å². The maximum atomic E-state index is 2.63. The van der Waals surface area contributed by atoms with Gasteiger partial charge in [0.25, 0.3) is 0 Å². The fraction of sp³-hybridized carbons (Fsp3) is 0.250. The zero-order valence-electron chi connectivity index (χ0n) is 11.2. The van der Waals surface area contributed by atoms with Crippen LogP contribution in [-0.2, 0) is 13.1 Å². The Hall–Kier alpha value is -1.38. The highest BCUT2D eigenvalue weighted by Gasteiger charge is 2.11. The van der Waals surface area contributed by atoms with Crippen molar-refractivity contribution in [2.75, 3.05) is 0 Å². The molecule has 2 aromatic rings. The maximum absolute atomic E-state index is 2.63. The first-order chi connectivity index (χ1) is 8.75. The molecule has 0 radical (unpaired) electrons. The first kappa shape index (κ1) is 13.1. The summed E-state index contributed by atoms with van der Waals surface area (Å²) in [4.78, 5) is 0. The molecule has 0 saturated carbocycles. The van der Waals surface area contributed by atoms with Gasteiger partial charge in [-0.25, -0.2) is 0 Å². The summed E-state index contributed by atoms with van der Waals surface area (Å²) in [6, 6.07) is 21.5. The standard InChI is InChI=1S/C16H21NSi/c1-18(2)17(13-15-9-5-3-6-10-15)14-16-11-7-4-8-12-16/h3-12,18H,13-14H2,1-2H3. The van der Waals surface area contributed by atoms with E-state index in [9.17, 15) is 0 Å². The zero-order valence-corrected chi connectivity index (χ0v) is 12.4. The fourth-order valence-corrected chi connectivity index (χ4v) is 3.21. The predicted molar refractivity (Wildman–Crippen MR) is 81.0 cm³/mol. The summed E-state index contributed by atoms with van der Waals surface area (Å²) in [5.41, 5.74) is 2.82. The minimum absolute atomic E-state index is 0.792. The SMILES string of the molecule is C[SiH](C)N(Cc1ccccc1)Cc1ccccc1. The Morgan fingerprint density at radius 2 is 1.11 bits per heavy atom. The molecule has 2 aromatic carbocycles. The van der Waals surface area contributed by atoms with Gasteiger partial charge >= 0.3 is 0 Å². The molecule has 0 aliphatic carbocycles. The highest BCUT2D eigenvalue weighted by Crippen LogP contribution is 2.11. The first-order valence-corrected chi connectivity index (χ1v) is 9.40. The van der Waals surface area contributed by atoms with Crippen molar-refractivity contribution >= 4 is 8.96 Å². The third kappa shape index (κ3) is 3.83. The Balaban J connectivity index is 2.05. The lowest BCUT2D eigenvalue weighted by atomic mass is 10.2. The van der Waals surface area contributed by atoms with Crippen LogP contribution in [0.15, 0.2) is 60.7 Å². The highest BCUT2D eigenvalue weighted by molar-refractivity contribution is 6.52. The molecule has 0 atom stereocenters. The molecule has 2 heteroatoms. The lowest BCUT2D eigenvalue weighted by Crippen LogP contribution is -2.33. The van der Waals surface area contributed by atoms with Crippen LogP contribution >= 0.6 is 0 Å². The lowest BCUT2D eigenvalue weighted by molar-refractivity contribution is 0.424. The average molecular weight is 255 g/mol. The predicted octanol–water partition coefficient (Wildman–Crippen LogP) is 3.67. The molecule has 0 amide bonds. The summed E-state index contributed by atoms with van der Waals surface area (Å²) in [5.74, 6) is 0. The van der Waals surface area contributed by atoms with E-state index in [4.69, 9.17) is 0 Å². The first-order valence-electron chi connectivity index (χ1n) is 6.57. The smallest absolute Gasteiger partial charge is 0.106 e. The van der Waals surface area contributed by atoms with Crippen LogP contribution in [0.25, 0.3) is 0 Å². The Morgan fingerprint density at radius 1 is 0.722 bits per heavy atom. The Kier molecular flexibility index (Phi) is 4.73. The average Bonchev–Trinajstić information content (AvgIpc) is 2.40. The van der Waals surface area contributed by atoms with E-state index >= 15 is 0 Å². The van der Waals surface area contributed by atoms with E-state index in [0.29, 0.717) is 0 Å². The van der Waals surface area contributed by atoms with Gasteiger partial charge in [0.15, 0.2) is 0 Å². The van der Waals surface area contributed by atoms with Gasteiger partial charge in [-0.05, 0) is 11.1 Å². The van der Waals surface area contributed by atoms with Crippen LogP contribution in [0.3, 0.4) is 0 Å². The quantitative estimate of drug-likeness (QED) is 0.737. The van der Waals surface area contributed by atoms with E-state index in [0.717, 1.165) is 13.1 Å². The molecule has 1 nitrogen and oxygen atoms in total. The van der Waals surface area contributed by atoms with Crippen molar-refractivity contribution < 1.29 is 0 Å². The summed E-state index contributed by atoms with van der Waals surface area (Å²) < 4.78 is 2.63. The normalized spacial score (nSPS) is 11.1. The van der Waals surface area contributed by atoms with Gasteiger partial charge in [0, 0.05) is 13.1 Å². The van der Waals surface area contributed by atoms with Crippen LogP contribution in [-0.4, -0.2) is 13.5 Å². The minimum Gasteiger partial charge on any atom is -0.319 e. The molecule has 0 fully saturated rings. The molecule has 94 valence electrons. The van der Waals surface area contributed by atoms with Crippen LogP contribution in [0.1, 0.15) is 11.1 Å².